The number of rotatable bonds is 4. The molecule has 0 radical (unpaired) electrons. The predicted molar refractivity (Wildman–Crippen MR) is 57.8 cm³/mol. The van der Waals surface area contributed by atoms with E-state index in [1.165, 1.54) is 11.1 Å². The van der Waals surface area contributed by atoms with Gasteiger partial charge in [-0.05, 0) is 26.0 Å². The van der Waals surface area contributed by atoms with Crippen molar-refractivity contribution in [1.29, 1.82) is 5.26 Å². The lowest BCUT2D eigenvalue weighted by molar-refractivity contribution is 0.557. The van der Waals surface area contributed by atoms with Gasteiger partial charge in [-0.3, -0.25) is 0 Å². The zero-order valence-corrected chi connectivity index (χ0v) is 8.75. The minimum Gasteiger partial charge on any atom is -0.313 e. The van der Waals surface area contributed by atoms with Crippen LogP contribution in [0.15, 0.2) is 24.3 Å². The molecule has 1 unspecified atom stereocenters. The van der Waals surface area contributed by atoms with Gasteiger partial charge in [0.1, 0.15) is 0 Å². The summed E-state index contributed by atoms with van der Waals surface area (Å²) in [5.74, 6) is 0. The van der Waals surface area contributed by atoms with Crippen LogP contribution in [0.4, 0.5) is 0 Å². The fourth-order valence-electron chi connectivity index (χ4n) is 1.49. The number of hydrogen-bond acceptors (Lipinski definition) is 2. The monoisotopic (exact) mass is 188 g/mol. The molecule has 0 fully saturated rings. The smallest absolute Gasteiger partial charge is 0.0622 e. The molecule has 0 aliphatic rings. The molecule has 0 spiro atoms. The topological polar surface area (TPSA) is 35.8 Å². The third-order valence-corrected chi connectivity index (χ3v) is 2.37. The van der Waals surface area contributed by atoms with Crippen LogP contribution in [-0.4, -0.2) is 7.05 Å². The Bertz CT molecular complexity index is 308. The summed E-state index contributed by atoms with van der Waals surface area (Å²) in [5.41, 5.74) is 2.53. The Morgan fingerprint density at radius 3 is 2.50 bits per heavy atom. The molecule has 74 valence electrons. The van der Waals surface area contributed by atoms with Gasteiger partial charge in [0.25, 0.3) is 0 Å². The standard InChI is InChI=1S/C12H16N2/c1-10-5-7-11(8-6-10)12(14-2)4-3-9-13/h5-8,12,14H,3-4H2,1-2H3. The van der Waals surface area contributed by atoms with Crippen molar-refractivity contribution in [3.8, 4) is 6.07 Å². The third kappa shape index (κ3) is 2.86. The van der Waals surface area contributed by atoms with Crippen LogP contribution in [0.25, 0.3) is 0 Å². The second-order valence-corrected chi connectivity index (χ2v) is 3.45. The maximum absolute atomic E-state index is 8.52. The van der Waals surface area contributed by atoms with Gasteiger partial charge in [-0.2, -0.15) is 5.26 Å². The van der Waals surface area contributed by atoms with Gasteiger partial charge in [0.05, 0.1) is 6.07 Å². The van der Waals surface area contributed by atoms with Crippen molar-refractivity contribution < 1.29 is 0 Å². The molecule has 1 rings (SSSR count). The zero-order chi connectivity index (χ0) is 10.4. The van der Waals surface area contributed by atoms with E-state index in [1.54, 1.807) is 0 Å². The minimum atomic E-state index is 0.301. The Hall–Kier alpha value is -1.33. The first-order chi connectivity index (χ1) is 6.77. The van der Waals surface area contributed by atoms with Gasteiger partial charge < -0.3 is 5.32 Å². The molecule has 1 aromatic carbocycles. The van der Waals surface area contributed by atoms with Crippen LogP contribution in [0.2, 0.25) is 0 Å². The fourth-order valence-corrected chi connectivity index (χ4v) is 1.49. The quantitative estimate of drug-likeness (QED) is 0.788. The van der Waals surface area contributed by atoms with Gasteiger partial charge in [0, 0.05) is 12.5 Å². The van der Waals surface area contributed by atoms with Crippen molar-refractivity contribution in [2.45, 2.75) is 25.8 Å². The molecule has 0 aromatic heterocycles. The summed E-state index contributed by atoms with van der Waals surface area (Å²) in [7, 11) is 1.93. The molecule has 14 heavy (non-hydrogen) atoms. The molecule has 0 amide bonds. The molecule has 2 heteroatoms. The molecule has 0 saturated carbocycles. The highest BCUT2D eigenvalue weighted by Gasteiger charge is 2.07. The summed E-state index contributed by atoms with van der Waals surface area (Å²) in [5, 5.41) is 11.7. The second kappa shape index (κ2) is 5.41. The first-order valence-electron chi connectivity index (χ1n) is 4.88. The first kappa shape index (κ1) is 10.7. The van der Waals surface area contributed by atoms with Crippen LogP contribution in [0, 0.1) is 18.3 Å². The maximum atomic E-state index is 8.52. The van der Waals surface area contributed by atoms with Gasteiger partial charge in [-0.1, -0.05) is 29.8 Å². The average Bonchev–Trinajstić information content (AvgIpc) is 2.21. The van der Waals surface area contributed by atoms with Crippen molar-refractivity contribution in [3.63, 3.8) is 0 Å². The van der Waals surface area contributed by atoms with Crippen molar-refractivity contribution in [2.24, 2.45) is 0 Å². The number of nitriles is 1. The van der Waals surface area contributed by atoms with Crippen LogP contribution >= 0.6 is 0 Å². The molecular formula is C12H16N2. The fraction of sp³-hybridized carbons (Fsp3) is 0.417. The molecule has 0 saturated heterocycles. The van der Waals surface area contributed by atoms with Crippen LogP contribution in [0.1, 0.15) is 30.0 Å². The molecular weight excluding hydrogens is 172 g/mol. The molecule has 0 bridgehead atoms. The van der Waals surface area contributed by atoms with Gasteiger partial charge in [-0.15, -0.1) is 0 Å². The number of hydrogen-bond donors (Lipinski definition) is 1. The number of nitrogens with one attached hydrogen (secondary N) is 1. The highest BCUT2D eigenvalue weighted by Crippen LogP contribution is 2.17. The van der Waals surface area contributed by atoms with E-state index in [4.69, 9.17) is 5.26 Å². The summed E-state index contributed by atoms with van der Waals surface area (Å²) in [6.07, 6.45) is 1.47. The van der Waals surface area contributed by atoms with Gasteiger partial charge in [0.2, 0.25) is 0 Å². The second-order valence-electron chi connectivity index (χ2n) is 3.45. The van der Waals surface area contributed by atoms with Crippen molar-refractivity contribution in [1.82, 2.24) is 5.32 Å². The highest BCUT2D eigenvalue weighted by molar-refractivity contribution is 5.24. The molecule has 0 aliphatic carbocycles. The molecule has 1 atom stereocenters. The summed E-state index contributed by atoms with van der Waals surface area (Å²) in [6, 6.07) is 10.9. The first-order valence-corrected chi connectivity index (χ1v) is 4.88. The predicted octanol–water partition coefficient (Wildman–Crippen LogP) is 2.56. The number of aryl methyl sites for hydroxylation is 1. The molecule has 1 aromatic rings. The summed E-state index contributed by atoms with van der Waals surface area (Å²) < 4.78 is 0. The summed E-state index contributed by atoms with van der Waals surface area (Å²) in [6.45, 7) is 2.08. The van der Waals surface area contributed by atoms with E-state index in [2.05, 4.69) is 42.6 Å². The Balaban J connectivity index is 2.69. The molecule has 2 nitrogen and oxygen atoms in total. The van der Waals surface area contributed by atoms with E-state index >= 15 is 0 Å². The van der Waals surface area contributed by atoms with E-state index < -0.39 is 0 Å². The van der Waals surface area contributed by atoms with Crippen LogP contribution in [0.5, 0.6) is 0 Å². The molecule has 0 heterocycles. The Morgan fingerprint density at radius 2 is 2.00 bits per heavy atom. The van der Waals surface area contributed by atoms with E-state index in [0.717, 1.165) is 6.42 Å². The number of nitrogens with zero attached hydrogens (tertiary/aromatic N) is 1. The summed E-state index contributed by atoms with van der Waals surface area (Å²) >= 11 is 0. The largest absolute Gasteiger partial charge is 0.313 e. The van der Waals surface area contributed by atoms with E-state index in [0.29, 0.717) is 12.5 Å². The average molecular weight is 188 g/mol. The van der Waals surface area contributed by atoms with Crippen LogP contribution < -0.4 is 5.32 Å². The van der Waals surface area contributed by atoms with Gasteiger partial charge in [0.15, 0.2) is 0 Å². The third-order valence-electron chi connectivity index (χ3n) is 2.37. The van der Waals surface area contributed by atoms with E-state index in [-0.39, 0.29) is 0 Å². The van der Waals surface area contributed by atoms with Crippen molar-refractivity contribution >= 4 is 0 Å². The lowest BCUT2D eigenvalue weighted by Crippen LogP contribution is -2.15. The van der Waals surface area contributed by atoms with Crippen LogP contribution in [-0.2, 0) is 0 Å². The maximum Gasteiger partial charge on any atom is 0.0622 e. The SMILES string of the molecule is CNC(CCC#N)c1ccc(C)cc1. The summed E-state index contributed by atoms with van der Waals surface area (Å²) in [4.78, 5) is 0. The Labute approximate surface area is 85.6 Å². The van der Waals surface area contributed by atoms with Crippen molar-refractivity contribution in [2.75, 3.05) is 7.05 Å². The lowest BCUT2D eigenvalue weighted by Gasteiger charge is -2.14. The minimum absolute atomic E-state index is 0.301. The molecule has 1 N–H and O–H groups in total. The number of benzene rings is 1. The zero-order valence-electron chi connectivity index (χ0n) is 8.75. The lowest BCUT2D eigenvalue weighted by atomic mass is 10.0. The Morgan fingerprint density at radius 1 is 1.36 bits per heavy atom. The van der Waals surface area contributed by atoms with E-state index in [9.17, 15) is 0 Å². The van der Waals surface area contributed by atoms with Gasteiger partial charge in [-0.25, -0.2) is 0 Å². The van der Waals surface area contributed by atoms with E-state index in [1.807, 2.05) is 7.05 Å². The molecule has 0 aliphatic heterocycles. The van der Waals surface area contributed by atoms with Crippen LogP contribution in [0.3, 0.4) is 0 Å². The Kier molecular flexibility index (Phi) is 4.15. The van der Waals surface area contributed by atoms with Gasteiger partial charge >= 0.3 is 0 Å². The highest BCUT2D eigenvalue weighted by atomic mass is 14.9. The van der Waals surface area contributed by atoms with Crippen molar-refractivity contribution in [3.05, 3.63) is 35.4 Å². The normalized spacial score (nSPS) is 12.1.